The highest BCUT2D eigenvalue weighted by Gasteiger charge is 2.32. The normalized spacial score (nSPS) is 15.9. The molecule has 0 unspecified atom stereocenters. The lowest BCUT2D eigenvalue weighted by molar-refractivity contribution is 0.141. The Balaban J connectivity index is 2.01. The lowest BCUT2D eigenvalue weighted by atomic mass is 10.0. The number of unbranched alkanes of at least 4 members (excludes halogenated alkanes) is 1. The summed E-state index contributed by atoms with van der Waals surface area (Å²) in [4.78, 5) is 14.2. The summed E-state index contributed by atoms with van der Waals surface area (Å²) in [5, 5.41) is 1.06. The topological polar surface area (TPSA) is 64.8 Å². The number of hydrogen-bond donors (Lipinski definition) is 1. The number of benzene rings is 2. The second-order valence-corrected chi connectivity index (χ2v) is 7.18. The van der Waals surface area contributed by atoms with Crippen molar-refractivity contribution in [1.82, 2.24) is 0 Å². The molecular weight excluding hydrogens is 387 g/mol. The first-order chi connectivity index (χ1) is 13.0. The molecule has 0 fully saturated rings. The number of carbonyl (C=O) groups is 1. The molecule has 0 radical (unpaired) electrons. The van der Waals surface area contributed by atoms with E-state index in [4.69, 9.17) is 38.4 Å². The predicted octanol–water partition coefficient (Wildman–Crippen LogP) is 5.12. The van der Waals surface area contributed by atoms with Crippen LogP contribution in [0.1, 0.15) is 19.8 Å². The van der Waals surface area contributed by atoms with Crippen LogP contribution in [0.3, 0.4) is 0 Å². The van der Waals surface area contributed by atoms with Crippen molar-refractivity contribution in [1.29, 1.82) is 0 Å². The summed E-state index contributed by atoms with van der Waals surface area (Å²) in [6.45, 7) is 3.05. The van der Waals surface area contributed by atoms with Crippen molar-refractivity contribution < 1.29 is 14.3 Å². The second-order valence-electron chi connectivity index (χ2n) is 6.33. The molecule has 5 nitrogen and oxygen atoms in total. The number of amides is 1. The summed E-state index contributed by atoms with van der Waals surface area (Å²) >= 11 is 12.4. The molecule has 27 heavy (non-hydrogen) atoms. The summed E-state index contributed by atoms with van der Waals surface area (Å²) < 4.78 is 11.5. The van der Waals surface area contributed by atoms with E-state index in [-0.39, 0.29) is 12.6 Å². The summed E-state index contributed by atoms with van der Waals surface area (Å²) in [5.74, 6) is 0.566. The van der Waals surface area contributed by atoms with E-state index in [0.29, 0.717) is 34.6 Å². The Morgan fingerprint density at radius 3 is 2.81 bits per heavy atom. The van der Waals surface area contributed by atoms with Gasteiger partial charge in [0.05, 0.1) is 23.9 Å². The lowest BCUT2D eigenvalue weighted by Crippen LogP contribution is -2.47. The molecule has 0 saturated heterocycles. The maximum absolute atomic E-state index is 12.6. The average Bonchev–Trinajstić information content (AvgIpc) is 2.67. The van der Waals surface area contributed by atoms with Crippen LogP contribution in [0.2, 0.25) is 10.0 Å². The van der Waals surface area contributed by atoms with Gasteiger partial charge in [0.2, 0.25) is 0 Å². The van der Waals surface area contributed by atoms with Crippen LogP contribution in [-0.4, -0.2) is 31.9 Å². The summed E-state index contributed by atoms with van der Waals surface area (Å²) in [6.07, 6.45) is 1.05. The van der Waals surface area contributed by atoms with Gasteiger partial charge in [0, 0.05) is 22.7 Å². The number of anilines is 1. The van der Waals surface area contributed by atoms with Gasteiger partial charge in [0.15, 0.2) is 5.75 Å². The second kappa shape index (κ2) is 8.83. The van der Waals surface area contributed by atoms with E-state index in [0.717, 1.165) is 24.0 Å². The Bertz CT molecular complexity index is 829. The first-order valence-electron chi connectivity index (χ1n) is 8.94. The molecule has 1 aliphatic rings. The number of nitrogens with two attached hydrogens (primary N) is 1. The molecule has 0 spiro atoms. The highest BCUT2D eigenvalue weighted by atomic mass is 35.5. The Morgan fingerprint density at radius 2 is 2.11 bits per heavy atom. The number of nitrogens with zero attached hydrogens (tertiary/aromatic N) is 1. The molecule has 0 aromatic heterocycles. The predicted molar refractivity (Wildman–Crippen MR) is 109 cm³/mol. The van der Waals surface area contributed by atoms with Gasteiger partial charge in [-0.2, -0.15) is 0 Å². The first kappa shape index (κ1) is 19.8. The minimum absolute atomic E-state index is 0.279. The van der Waals surface area contributed by atoms with Gasteiger partial charge in [-0.15, -0.1) is 0 Å². The minimum atomic E-state index is -0.397. The van der Waals surface area contributed by atoms with Crippen molar-refractivity contribution in [3.8, 4) is 16.9 Å². The van der Waals surface area contributed by atoms with Gasteiger partial charge in [-0.05, 0) is 24.6 Å². The number of ether oxygens (including phenoxy) is 2. The zero-order chi connectivity index (χ0) is 19.4. The van der Waals surface area contributed by atoms with Gasteiger partial charge in [-0.3, -0.25) is 4.90 Å². The molecular formula is C20H22Cl2N2O3. The maximum Gasteiger partial charge on any atom is 0.414 e. The van der Waals surface area contributed by atoms with Crippen LogP contribution in [0.4, 0.5) is 10.5 Å². The number of rotatable bonds is 5. The first-order valence-corrected chi connectivity index (χ1v) is 9.70. The van der Waals surface area contributed by atoms with Crippen LogP contribution in [0.15, 0.2) is 36.4 Å². The lowest BCUT2D eigenvalue weighted by Gasteiger charge is -2.35. The fraction of sp³-hybridized carbons (Fsp3) is 0.350. The maximum atomic E-state index is 12.6. The molecule has 2 N–H and O–H groups in total. The van der Waals surface area contributed by atoms with E-state index in [9.17, 15) is 4.79 Å². The third-order valence-corrected chi connectivity index (χ3v) is 4.93. The van der Waals surface area contributed by atoms with E-state index >= 15 is 0 Å². The minimum Gasteiger partial charge on any atom is -0.484 e. The van der Waals surface area contributed by atoms with Crippen molar-refractivity contribution in [2.45, 2.75) is 25.9 Å². The van der Waals surface area contributed by atoms with Crippen LogP contribution in [-0.2, 0) is 4.74 Å². The molecule has 2 aromatic carbocycles. The van der Waals surface area contributed by atoms with Crippen molar-refractivity contribution in [2.75, 3.05) is 24.6 Å². The number of halogens is 2. The fourth-order valence-electron chi connectivity index (χ4n) is 2.96. The SMILES string of the molecule is CCCCOC(=O)N1C[C@@H](CN)Oc2c(-c3ccc(Cl)cc3Cl)cccc21. The zero-order valence-corrected chi connectivity index (χ0v) is 16.6. The smallest absolute Gasteiger partial charge is 0.414 e. The molecule has 0 saturated carbocycles. The van der Waals surface area contributed by atoms with Gasteiger partial charge in [-0.25, -0.2) is 4.79 Å². The van der Waals surface area contributed by atoms with Crippen LogP contribution in [0.5, 0.6) is 5.75 Å². The molecule has 0 aliphatic carbocycles. The molecule has 1 aliphatic heterocycles. The molecule has 1 amide bonds. The highest BCUT2D eigenvalue weighted by Crippen LogP contribution is 2.44. The van der Waals surface area contributed by atoms with Gasteiger partial charge in [0.25, 0.3) is 0 Å². The largest absolute Gasteiger partial charge is 0.484 e. The van der Waals surface area contributed by atoms with Crippen LogP contribution >= 0.6 is 23.2 Å². The number of hydrogen-bond acceptors (Lipinski definition) is 4. The average molecular weight is 409 g/mol. The standard InChI is InChI=1S/C20H22Cl2N2O3/c1-2-3-9-26-20(25)24-12-14(11-23)27-19-16(5-4-6-18(19)24)15-8-7-13(21)10-17(15)22/h4-8,10,14H,2-3,9,11-12,23H2,1H3/t14-/m1/s1. The van der Waals surface area contributed by atoms with Crippen molar-refractivity contribution >= 4 is 35.0 Å². The number of carbonyl (C=O) groups excluding carboxylic acids is 1. The van der Waals surface area contributed by atoms with Crippen molar-refractivity contribution in [3.63, 3.8) is 0 Å². The number of para-hydroxylation sites is 1. The Labute approximate surface area is 168 Å². The summed E-state index contributed by atoms with van der Waals surface area (Å²) in [7, 11) is 0. The number of fused-ring (bicyclic) bond motifs is 1. The van der Waals surface area contributed by atoms with Crippen LogP contribution in [0, 0.1) is 0 Å². The summed E-state index contributed by atoms with van der Waals surface area (Å²) in [5.41, 5.74) is 8.03. The Kier molecular flexibility index (Phi) is 6.47. The van der Waals surface area contributed by atoms with Crippen LogP contribution < -0.4 is 15.4 Å². The third-order valence-electron chi connectivity index (χ3n) is 4.38. The molecule has 144 valence electrons. The monoisotopic (exact) mass is 408 g/mol. The molecule has 0 bridgehead atoms. The van der Waals surface area contributed by atoms with Gasteiger partial charge in [-0.1, -0.05) is 54.7 Å². The van der Waals surface area contributed by atoms with E-state index < -0.39 is 6.09 Å². The van der Waals surface area contributed by atoms with Crippen molar-refractivity contribution in [2.24, 2.45) is 5.73 Å². The third kappa shape index (κ3) is 4.32. The molecule has 1 atom stereocenters. The Morgan fingerprint density at radius 1 is 1.30 bits per heavy atom. The Hall–Kier alpha value is -1.95. The highest BCUT2D eigenvalue weighted by molar-refractivity contribution is 6.36. The van der Waals surface area contributed by atoms with Crippen LogP contribution in [0.25, 0.3) is 11.1 Å². The van der Waals surface area contributed by atoms with Gasteiger partial charge < -0.3 is 15.2 Å². The quantitative estimate of drug-likeness (QED) is 0.696. The van der Waals surface area contributed by atoms with E-state index in [2.05, 4.69) is 0 Å². The fourth-order valence-corrected chi connectivity index (χ4v) is 3.47. The molecule has 3 rings (SSSR count). The molecule has 1 heterocycles. The summed E-state index contributed by atoms with van der Waals surface area (Å²) in [6, 6.07) is 10.9. The molecule has 7 heteroatoms. The van der Waals surface area contributed by atoms with E-state index in [1.165, 1.54) is 0 Å². The van der Waals surface area contributed by atoms with Gasteiger partial charge >= 0.3 is 6.09 Å². The van der Waals surface area contributed by atoms with E-state index in [1.54, 1.807) is 17.0 Å². The van der Waals surface area contributed by atoms with Crippen molar-refractivity contribution in [3.05, 3.63) is 46.4 Å². The van der Waals surface area contributed by atoms with Gasteiger partial charge in [0.1, 0.15) is 6.10 Å². The van der Waals surface area contributed by atoms with E-state index in [1.807, 2.05) is 31.2 Å². The molecule has 2 aromatic rings. The zero-order valence-electron chi connectivity index (χ0n) is 15.1.